The van der Waals surface area contributed by atoms with E-state index >= 15 is 0 Å². The average Bonchev–Trinajstić information content (AvgIpc) is 2.84. The molecule has 2 saturated heterocycles. The first kappa shape index (κ1) is 21.3. The summed E-state index contributed by atoms with van der Waals surface area (Å²) < 4.78 is 27.1. The number of nitrogens with zero attached hydrogens (tertiary/aromatic N) is 5. The van der Waals surface area contributed by atoms with Gasteiger partial charge in [-0.3, -0.25) is 4.79 Å². The highest BCUT2D eigenvalue weighted by molar-refractivity contribution is 7.89. The number of nitriles is 1. The molecule has 4 rings (SSSR count). The lowest BCUT2D eigenvalue weighted by Gasteiger charge is -2.38. The van der Waals surface area contributed by atoms with Crippen molar-refractivity contribution in [3.63, 3.8) is 0 Å². The summed E-state index contributed by atoms with van der Waals surface area (Å²) in [5.41, 5.74) is 0.536. The Labute approximate surface area is 182 Å². The number of hydrogen-bond donors (Lipinski definition) is 0. The normalized spacial score (nSPS) is 18.5. The van der Waals surface area contributed by atoms with Crippen molar-refractivity contribution in [3.05, 3.63) is 54.2 Å². The molecule has 9 heteroatoms. The van der Waals surface area contributed by atoms with Crippen LogP contribution in [0.5, 0.6) is 0 Å². The van der Waals surface area contributed by atoms with Crippen LogP contribution in [0.2, 0.25) is 0 Å². The molecule has 162 valence electrons. The molecule has 8 nitrogen and oxygen atoms in total. The van der Waals surface area contributed by atoms with Gasteiger partial charge in [-0.15, -0.1) is 0 Å². The van der Waals surface area contributed by atoms with Crippen molar-refractivity contribution in [2.45, 2.75) is 17.7 Å². The van der Waals surface area contributed by atoms with E-state index in [2.05, 4.69) is 11.1 Å². The predicted molar refractivity (Wildman–Crippen MR) is 116 cm³/mol. The van der Waals surface area contributed by atoms with Crippen LogP contribution in [0.15, 0.2) is 53.6 Å². The molecule has 1 aromatic heterocycles. The quantitative estimate of drug-likeness (QED) is 0.719. The highest BCUT2D eigenvalue weighted by Gasteiger charge is 2.34. The molecular formula is C22H25N5O3S. The lowest BCUT2D eigenvalue weighted by atomic mass is 9.96. The number of hydrogen-bond acceptors (Lipinski definition) is 6. The van der Waals surface area contributed by atoms with Crippen LogP contribution < -0.4 is 4.90 Å². The number of pyridine rings is 1. The molecular weight excluding hydrogens is 414 g/mol. The van der Waals surface area contributed by atoms with Crippen LogP contribution in [0.4, 0.5) is 5.82 Å². The summed E-state index contributed by atoms with van der Waals surface area (Å²) in [7, 11) is -3.51. The zero-order chi connectivity index (χ0) is 21.8. The third-order valence-corrected chi connectivity index (χ3v) is 7.90. The Morgan fingerprint density at radius 2 is 1.65 bits per heavy atom. The fraction of sp³-hybridized carbons (Fsp3) is 0.409. The second-order valence-electron chi connectivity index (χ2n) is 7.79. The van der Waals surface area contributed by atoms with E-state index in [0.29, 0.717) is 68.4 Å². The highest BCUT2D eigenvalue weighted by Crippen LogP contribution is 2.26. The second-order valence-corrected chi connectivity index (χ2v) is 9.73. The van der Waals surface area contributed by atoms with Crippen molar-refractivity contribution in [1.82, 2.24) is 14.2 Å². The molecule has 3 heterocycles. The van der Waals surface area contributed by atoms with Gasteiger partial charge in [-0.25, -0.2) is 13.4 Å². The molecule has 0 radical (unpaired) electrons. The van der Waals surface area contributed by atoms with E-state index in [0.717, 1.165) is 0 Å². The van der Waals surface area contributed by atoms with Crippen molar-refractivity contribution in [1.29, 1.82) is 5.26 Å². The number of rotatable bonds is 4. The Kier molecular flexibility index (Phi) is 6.20. The molecule has 2 fully saturated rings. The van der Waals surface area contributed by atoms with E-state index in [1.54, 1.807) is 48.7 Å². The van der Waals surface area contributed by atoms with Crippen molar-refractivity contribution in [3.8, 4) is 6.07 Å². The van der Waals surface area contributed by atoms with Gasteiger partial charge in [-0.05, 0) is 37.1 Å². The van der Waals surface area contributed by atoms with Gasteiger partial charge in [0.15, 0.2) is 0 Å². The van der Waals surface area contributed by atoms with Crippen LogP contribution in [-0.2, 0) is 14.8 Å². The number of benzene rings is 1. The van der Waals surface area contributed by atoms with E-state index in [1.807, 2.05) is 9.80 Å². The molecule has 1 aromatic carbocycles. The van der Waals surface area contributed by atoms with Crippen molar-refractivity contribution in [2.75, 3.05) is 44.2 Å². The maximum absolute atomic E-state index is 13.0. The fourth-order valence-corrected chi connectivity index (χ4v) is 5.71. The molecule has 0 saturated carbocycles. The van der Waals surface area contributed by atoms with Crippen LogP contribution in [0.1, 0.15) is 18.4 Å². The van der Waals surface area contributed by atoms with Crippen molar-refractivity contribution >= 4 is 21.7 Å². The third kappa shape index (κ3) is 4.40. The monoisotopic (exact) mass is 439 g/mol. The van der Waals surface area contributed by atoms with Gasteiger partial charge in [0.05, 0.1) is 10.5 Å². The van der Waals surface area contributed by atoms with Gasteiger partial charge in [-0.1, -0.05) is 18.2 Å². The lowest BCUT2D eigenvalue weighted by molar-refractivity contribution is -0.137. The van der Waals surface area contributed by atoms with Gasteiger partial charge < -0.3 is 9.80 Å². The molecule has 2 aliphatic heterocycles. The van der Waals surface area contributed by atoms with Crippen LogP contribution in [0.25, 0.3) is 0 Å². The van der Waals surface area contributed by atoms with Crippen LogP contribution in [0.3, 0.4) is 0 Å². The maximum atomic E-state index is 13.0. The summed E-state index contributed by atoms with van der Waals surface area (Å²) in [5.74, 6) is 0.604. The zero-order valence-corrected chi connectivity index (χ0v) is 18.0. The summed E-state index contributed by atoms with van der Waals surface area (Å²) in [6.45, 7) is 3.10. The Morgan fingerprint density at radius 3 is 2.29 bits per heavy atom. The molecule has 0 N–H and O–H groups in total. The van der Waals surface area contributed by atoms with Gasteiger partial charge in [-0.2, -0.15) is 9.57 Å². The van der Waals surface area contributed by atoms with Crippen LogP contribution in [0, 0.1) is 17.2 Å². The van der Waals surface area contributed by atoms with Gasteiger partial charge in [0.2, 0.25) is 15.9 Å². The summed E-state index contributed by atoms with van der Waals surface area (Å²) >= 11 is 0. The predicted octanol–water partition coefficient (Wildman–Crippen LogP) is 1.70. The summed E-state index contributed by atoms with van der Waals surface area (Å²) in [4.78, 5) is 21.5. The molecule has 2 aromatic rings. The minimum Gasteiger partial charge on any atom is -0.352 e. The molecule has 0 spiro atoms. The van der Waals surface area contributed by atoms with E-state index < -0.39 is 10.0 Å². The van der Waals surface area contributed by atoms with Gasteiger partial charge in [0, 0.05) is 51.4 Å². The topological polar surface area (TPSA) is 97.6 Å². The van der Waals surface area contributed by atoms with Gasteiger partial charge in [0.1, 0.15) is 11.9 Å². The largest absolute Gasteiger partial charge is 0.352 e. The number of amides is 1. The standard InChI is InChI=1S/C22H25N5O3S/c23-17-19-5-4-10-24-21(19)25-13-15-26(16-14-25)22(28)18-8-11-27(12-9-18)31(29,30)20-6-2-1-3-7-20/h1-7,10,18H,8-9,11-16H2. The van der Waals surface area contributed by atoms with E-state index in [1.165, 1.54) is 4.31 Å². The Balaban J connectivity index is 1.32. The van der Waals surface area contributed by atoms with Crippen molar-refractivity contribution in [2.24, 2.45) is 5.92 Å². The number of anilines is 1. The molecule has 0 aliphatic carbocycles. The van der Waals surface area contributed by atoms with E-state index in [4.69, 9.17) is 0 Å². The van der Waals surface area contributed by atoms with Crippen molar-refractivity contribution < 1.29 is 13.2 Å². The Hall–Kier alpha value is -2.96. The molecule has 0 atom stereocenters. The minimum absolute atomic E-state index is 0.0953. The van der Waals surface area contributed by atoms with Gasteiger partial charge in [0.25, 0.3) is 0 Å². The summed E-state index contributed by atoms with van der Waals surface area (Å²) in [6.07, 6.45) is 2.73. The maximum Gasteiger partial charge on any atom is 0.243 e. The average molecular weight is 440 g/mol. The fourth-order valence-electron chi connectivity index (χ4n) is 4.22. The first-order valence-electron chi connectivity index (χ1n) is 10.4. The zero-order valence-electron chi connectivity index (χ0n) is 17.2. The Morgan fingerprint density at radius 1 is 0.968 bits per heavy atom. The Bertz CT molecular complexity index is 1070. The SMILES string of the molecule is N#Cc1cccnc1N1CCN(C(=O)C2CCN(S(=O)(=O)c3ccccc3)CC2)CC1. The number of carbonyl (C=O) groups excluding carboxylic acids is 1. The number of piperidine rings is 1. The number of sulfonamides is 1. The second kappa shape index (κ2) is 9.04. The van der Waals surface area contributed by atoms with Gasteiger partial charge >= 0.3 is 0 Å². The molecule has 1 amide bonds. The molecule has 0 bridgehead atoms. The highest BCUT2D eigenvalue weighted by atomic mass is 32.2. The summed E-state index contributed by atoms with van der Waals surface area (Å²) in [5, 5.41) is 9.28. The molecule has 31 heavy (non-hydrogen) atoms. The number of aromatic nitrogens is 1. The molecule has 2 aliphatic rings. The smallest absolute Gasteiger partial charge is 0.243 e. The first-order valence-corrected chi connectivity index (χ1v) is 11.9. The van der Waals surface area contributed by atoms with E-state index in [9.17, 15) is 18.5 Å². The third-order valence-electron chi connectivity index (χ3n) is 5.98. The van der Waals surface area contributed by atoms with E-state index in [-0.39, 0.29) is 11.8 Å². The lowest BCUT2D eigenvalue weighted by Crippen LogP contribution is -2.52. The van der Waals surface area contributed by atoms with Crippen LogP contribution >= 0.6 is 0 Å². The number of piperazine rings is 1. The minimum atomic E-state index is -3.51. The number of carbonyl (C=O) groups is 1. The molecule has 0 unspecified atom stereocenters. The van der Waals surface area contributed by atoms with Crippen LogP contribution in [-0.4, -0.2) is 67.8 Å². The summed E-state index contributed by atoms with van der Waals surface area (Å²) in [6, 6.07) is 14.1. The first-order chi connectivity index (χ1) is 15.0.